The predicted octanol–water partition coefficient (Wildman–Crippen LogP) is 2.48. The van der Waals surface area contributed by atoms with Gasteiger partial charge in [-0.2, -0.15) is 0 Å². The van der Waals surface area contributed by atoms with E-state index < -0.39 is 14.3 Å². The molecule has 4 nitrogen and oxygen atoms in total. The summed E-state index contributed by atoms with van der Waals surface area (Å²) in [4.78, 5) is 13.5. The molecule has 0 aromatic heterocycles. The van der Waals surface area contributed by atoms with Crippen LogP contribution in [-0.2, 0) is 13.8 Å². The molecule has 6 heteroatoms. The van der Waals surface area contributed by atoms with Crippen molar-refractivity contribution in [2.75, 3.05) is 11.4 Å². The van der Waals surface area contributed by atoms with Crippen molar-refractivity contribution >= 4 is 31.3 Å². The molecule has 1 unspecified atom stereocenters. The minimum atomic E-state index is -3.70. The fourth-order valence-corrected chi connectivity index (χ4v) is 3.34. The highest BCUT2D eigenvalue weighted by Gasteiger charge is 2.38. The first-order valence-corrected chi connectivity index (χ1v) is 8.50. The molecule has 0 spiro atoms. The Bertz CT molecular complexity index is 598. The van der Waals surface area contributed by atoms with Crippen LogP contribution in [0.3, 0.4) is 0 Å². The normalized spacial score (nSPS) is 20.3. The molecule has 1 heterocycles. The van der Waals surface area contributed by atoms with E-state index in [1.54, 1.807) is 0 Å². The van der Waals surface area contributed by atoms with Crippen molar-refractivity contribution in [1.82, 2.24) is 0 Å². The molecule has 19 heavy (non-hydrogen) atoms. The molecule has 0 saturated carbocycles. The largest absolute Gasteiger partial charge is 0.311 e. The number of rotatable bonds is 3. The average Bonchev–Trinajstić information content (AvgIpc) is 2.71. The summed E-state index contributed by atoms with van der Waals surface area (Å²) in [5, 5.41) is -0.818. The highest BCUT2D eigenvalue weighted by Crippen LogP contribution is 2.32. The quantitative estimate of drug-likeness (QED) is 0.806. The van der Waals surface area contributed by atoms with Gasteiger partial charge in [-0.1, -0.05) is 32.0 Å². The number of benzene rings is 1. The van der Waals surface area contributed by atoms with Crippen LogP contribution in [0, 0.1) is 0 Å². The van der Waals surface area contributed by atoms with Crippen molar-refractivity contribution in [2.24, 2.45) is 0 Å². The Hall–Kier alpha value is -1.07. The first-order valence-electron chi connectivity index (χ1n) is 6.13. The maximum Gasteiger partial charge on any atom is 0.237 e. The summed E-state index contributed by atoms with van der Waals surface area (Å²) in [6, 6.07) is 7.55. The maximum absolute atomic E-state index is 12.0. The highest BCUT2D eigenvalue weighted by atomic mass is 35.7. The molecule has 1 saturated heterocycles. The van der Waals surface area contributed by atoms with Gasteiger partial charge in [0.15, 0.2) is 0 Å². The number of carbonyl (C=O) groups is 1. The van der Waals surface area contributed by atoms with Gasteiger partial charge >= 0.3 is 0 Å². The van der Waals surface area contributed by atoms with Gasteiger partial charge in [0.05, 0.1) is 0 Å². The number of carbonyl (C=O) groups excluding carboxylic acids is 1. The minimum Gasteiger partial charge on any atom is -0.311 e. The first kappa shape index (κ1) is 14.3. The van der Waals surface area contributed by atoms with Crippen molar-refractivity contribution in [3.05, 3.63) is 29.8 Å². The molecule has 1 amide bonds. The maximum atomic E-state index is 12.0. The second-order valence-corrected chi connectivity index (χ2v) is 7.93. The number of nitrogens with zero attached hydrogens (tertiary/aromatic N) is 1. The van der Waals surface area contributed by atoms with E-state index in [-0.39, 0.29) is 24.8 Å². The molecule has 2 rings (SSSR count). The van der Waals surface area contributed by atoms with E-state index >= 15 is 0 Å². The second-order valence-electron chi connectivity index (χ2n) is 5.02. The van der Waals surface area contributed by atoms with Gasteiger partial charge in [-0.15, -0.1) is 0 Å². The molecule has 1 aromatic rings. The summed E-state index contributed by atoms with van der Waals surface area (Å²) in [7, 11) is 1.65. The molecular weight excluding hydrogens is 286 g/mol. The Morgan fingerprint density at radius 2 is 1.95 bits per heavy atom. The van der Waals surface area contributed by atoms with E-state index in [2.05, 4.69) is 0 Å². The zero-order chi connectivity index (χ0) is 14.2. The number of anilines is 1. The fourth-order valence-electron chi connectivity index (χ4n) is 2.32. The van der Waals surface area contributed by atoms with Crippen LogP contribution in [0.1, 0.15) is 31.7 Å². The number of hydrogen-bond donors (Lipinski definition) is 0. The molecule has 1 aliphatic rings. The first-order chi connectivity index (χ1) is 8.80. The summed E-state index contributed by atoms with van der Waals surface area (Å²) in [6.45, 7) is 4.21. The van der Waals surface area contributed by atoms with Gasteiger partial charge < -0.3 is 4.90 Å². The number of para-hydroxylation sites is 1. The average molecular weight is 302 g/mol. The summed E-state index contributed by atoms with van der Waals surface area (Å²) < 4.78 is 22.7. The molecule has 0 bridgehead atoms. The van der Waals surface area contributed by atoms with Crippen LogP contribution < -0.4 is 4.90 Å². The van der Waals surface area contributed by atoms with E-state index in [0.717, 1.165) is 11.3 Å². The SMILES string of the molecule is CC(C)c1ccccc1N1CC(S(=O)(=O)Cl)CC1=O. The van der Waals surface area contributed by atoms with Gasteiger partial charge in [-0.3, -0.25) is 4.79 Å². The Kier molecular flexibility index (Phi) is 3.87. The van der Waals surface area contributed by atoms with Crippen molar-refractivity contribution in [1.29, 1.82) is 0 Å². The van der Waals surface area contributed by atoms with E-state index in [0.29, 0.717) is 0 Å². The summed E-state index contributed by atoms with van der Waals surface area (Å²) in [5.41, 5.74) is 1.81. The second kappa shape index (κ2) is 5.13. The molecule has 1 atom stereocenters. The van der Waals surface area contributed by atoms with Crippen molar-refractivity contribution in [2.45, 2.75) is 31.4 Å². The van der Waals surface area contributed by atoms with Crippen LogP contribution in [0.15, 0.2) is 24.3 Å². The summed E-state index contributed by atoms with van der Waals surface area (Å²) in [5.74, 6) is 0.0676. The Morgan fingerprint density at radius 1 is 1.32 bits per heavy atom. The van der Waals surface area contributed by atoms with E-state index in [1.807, 2.05) is 38.1 Å². The van der Waals surface area contributed by atoms with Crippen molar-refractivity contribution in [3.8, 4) is 0 Å². The lowest BCUT2D eigenvalue weighted by molar-refractivity contribution is -0.117. The molecule has 104 valence electrons. The molecule has 1 aliphatic heterocycles. The zero-order valence-corrected chi connectivity index (χ0v) is 12.4. The van der Waals surface area contributed by atoms with Crippen LogP contribution in [0.5, 0.6) is 0 Å². The Morgan fingerprint density at radius 3 is 2.47 bits per heavy atom. The Balaban J connectivity index is 2.36. The standard InChI is InChI=1S/C13H16ClNO3S/c1-9(2)11-5-3-4-6-12(11)15-8-10(7-13(15)16)19(14,17)18/h3-6,9-10H,7-8H2,1-2H3. The van der Waals surface area contributed by atoms with Crippen LogP contribution >= 0.6 is 10.7 Å². The molecule has 0 aliphatic carbocycles. The van der Waals surface area contributed by atoms with E-state index in [9.17, 15) is 13.2 Å². The van der Waals surface area contributed by atoms with Gasteiger partial charge in [0.1, 0.15) is 5.25 Å². The minimum absolute atomic E-state index is 0.0434. The van der Waals surface area contributed by atoms with E-state index in [4.69, 9.17) is 10.7 Å². The predicted molar refractivity (Wildman–Crippen MR) is 76.1 cm³/mol. The molecule has 1 fully saturated rings. The third-order valence-corrected chi connectivity index (χ3v) is 5.21. The number of halogens is 1. The van der Waals surface area contributed by atoms with Gasteiger partial charge in [-0.05, 0) is 17.5 Å². The van der Waals surface area contributed by atoms with Gasteiger partial charge in [0.2, 0.25) is 15.0 Å². The molecule has 1 aromatic carbocycles. The summed E-state index contributed by atoms with van der Waals surface area (Å²) in [6.07, 6.45) is -0.0434. The van der Waals surface area contributed by atoms with Crippen LogP contribution in [0.4, 0.5) is 5.69 Å². The van der Waals surface area contributed by atoms with Crippen LogP contribution in [0.2, 0.25) is 0 Å². The zero-order valence-electron chi connectivity index (χ0n) is 10.8. The number of hydrogen-bond acceptors (Lipinski definition) is 3. The highest BCUT2D eigenvalue weighted by molar-refractivity contribution is 8.14. The monoisotopic (exact) mass is 301 g/mol. The third-order valence-electron chi connectivity index (χ3n) is 3.34. The lowest BCUT2D eigenvalue weighted by Gasteiger charge is -2.21. The van der Waals surface area contributed by atoms with Crippen molar-refractivity contribution < 1.29 is 13.2 Å². The van der Waals surface area contributed by atoms with Crippen LogP contribution in [-0.4, -0.2) is 26.1 Å². The van der Waals surface area contributed by atoms with Gasteiger partial charge in [0.25, 0.3) is 0 Å². The van der Waals surface area contributed by atoms with Gasteiger partial charge in [0, 0.05) is 29.3 Å². The van der Waals surface area contributed by atoms with E-state index in [1.165, 1.54) is 4.90 Å². The lowest BCUT2D eigenvalue weighted by Crippen LogP contribution is -2.27. The number of amides is 1. The third kappa shape index (κ3) is 2.92. The van der Waals surface area contributed by atoms with Crippen LogP contribution in [0.25, 0.3) is 0 Å². The fraction of sp³-hybridized carbons (Fsp3) is 0.462. The Labute approximate surface area is 117 Å². The molecular formula is C13H16ClNO3S. The summed E-state index contributed by atoms with van der Waals surface area (Å²) >= 11 is 0. The topological polar surface area (TPSA) is 54.5 Å². The lowest BCUT2D eigenvalue weighted by atomic mass is 10.0. The van der Waals surface area contributed by atoms with Crippen molar-refractivity contribution in [3.63, 3.8) is 0 Å². The smallest absolute Gasteiger partial charge is 0.237 e. The van der Waals surface area contributed by atoms with Gasteiger partial charge in [-0.25, -0.2) is 8.42 Å². The molecule has 0 radical (unpaired) electrons. The molecule has 0 N–H and O–H groups in total.